The first kappa shape index (κ1) is 27.7. The Morgan fingerprint density at radius 1 is 1.28 bits per heavy atom. The molecule has 0 saturated heterocycles. The highest BCUT2D eigenvalue weighted by Crippen LogP contribution is 2.51. The second-order valence-electron chi connectivity index (χ2n) is 9.54. The number of nitrogens with one attached hydrogen (secondary N) is 1. The van der Waals surface area contributed by atoms with Gasteiger partial charge in [0.25, 0.3) is 0 Å². The van der Waals surface area contributed by atoms with Gasteiger partial charge in [-0.3, -0.25) is 9.59 Å². The molecule has 1 aliphatic heterocycles. The number of rotatable bonds is 11. The van der Waals surface area contributed by atoms with Crippen LogP contribution in [0.1, 0.15) is 50.7 Å². The molecule has 0 aromatic heterocycles. The molecule has 0 radical (unpaired) electrons. The lowest BCUT2D eigenvalue weighted by Gasteiger charge is -2.40. The molecular weight excluding hydrogens is 464 g/mol. The maximum Gasteiger partial charge on any atom is 0.247 e. The van der Waals surface area contributed by atoms with Crippen molar-refractivity contribution in [3.8, 4) is 11.5 Å². The van der Waals surface area contributed by atoms with Crippen LogP contribution in [0.25, 0.3) is 0 Å². The molecule has 9 nitrogen and oxygen atoms in total. The Morgan fingerprint density at radius 2 is 2.03 bits per heavy atom. The van der Waals surface area contributed by atoms with Gasteiger partial charge in [0.05, 0.1) is 32.3 Å². The van der Waals surface area contributed by atoms with Crippen molar-refractivity contribution in [3.63, 3.8) is 0 Å². The average molecular weight is 503 g/mol. The Labute approximate surface area is 212 Å². The molecule has 1 aliphatic carbocycles. The predicted octanol–water partition coefficient (Wildman–Crippen LogP) is 1.65. The van der Waals surface area contributed by atoms with Crippen molar-refractivity contribution in [3.05, 3.63) is 47.1 Å². The van der Waals surface area contributed by atoms with Crippen LogP contribution in [0.4, 0.5) is 0 Å². The number of ether oxygens (including phenoxy) is 2. The molecular formula is C27H38N2O7. The maximum atomic E-state index is 13.3. The second-order valence-corrected chi connectivity index (χ2v) is 9.54. The van der Waals surface area contributed by atoms with Gasteiger partial charge in [-0.25, -0.2) is 0 Å². The van der Waals surface area contributed by atoms with E-state index in [4.69, 9.17) is 9.47 Å². The number of allylic oxidation sites excluding steroid dienone is 1. The summed E-state index contributed by atoms with van der Waals surface area (Å²) in [6, 6.07) is 2.60. The first-order valence-corrected chi connectivity index (χ1v) is 12.5. The zero-order valence-corrected chi connectivity index (χ0v) is 21.4. The summed E-state index contributed by atoms with van der Waals surface area (Å²) < 4.78 is 11.7. The van der Waals surface area contributed by atoms with E-state index in [0.717, 1.165) is 6.42 Å². The van der Waals surface area contributed by atoms with E-state index < -0.39 is 30.1 Å². The van der Waals surface area contributed by atoms with Gasteiger partial charge < -0.3 is 35.0 Å². The third-order valence-corrected chi connectivity index (χ3v) is 6.58. The molecule has 9 heteroatoms. The van der Waals surface area contributed by atoms with Crippen molar-refractivity contribution in [1.82, 2.24) is 10.2 Å². The number of carbonyl (C=O) groups excluding carboxylic acids is 2. The SMILES string of the molecule is CCC=CC(=O)N(CCC(C)C)[C@@H]1C=C(C(=O)NCCO)[C@@H]2c3cc(CO)cc(OC)c3O[C@@H]2[C@H]1O. The normalized spacial score (nSPS) is 22.6. The van der Waals surface area contributed by atoms with Gasteiger partial charge in [-0.15, -0.1) is 0 Å². The van der Waals surface area contributed by atoms with E-state index in [1.165, 1.54) is 13.2 Å². The fraction of sp³-hybridized carbons (Fsp3) is 0.556. The lowest BCUT2D eigenvalue weighted by molar-refractivity contribution is -0.132. The van der Waals surface area contributed by atoms with Crippen LogP contribution in [0.5, 0.6) is 11.5 Å². The van der Waals surface area contributed by atoms with Crippen molar-refractivity contribution in [2.75, 3.05) is 26.8 Å². The monoisotopic (exact) mass is 502 g/mol. The quantitative estimate of drug-likeness (QED) is 0.339. The number of methoxy groups -OCH3 is 1. The van der Waals surface area contributed by atoms with Gasteiger partial charge in [-0.2, -0.15) is 0 Å². The van der Waals surface area contributed by atoms with Gasteiger partial charge in [-0.05, 0) is 48.6 Å². The molecule has 0 unspecified atom stereocenters. The zero-order chi connectivity index (χ0) is 26.4. The third kappa shape index (κ3) is 5.74. The number of aliphatic hydroxyl groups is 3. The number of nitrogens with zero attached hydrogens (tertiary/aromatic N) is 1. The number of carbonyl (C=O) groups is 2. The van der Waals surface area contributed by atoms with Crippen molar-refractivity contribution in [2.45, 2.75) is 64.4 Å². The topological polar surface area (TPSA) is 129 Å². The van der Waals surface area contributed by atoms with E-state index in [2.05, 4.69) is 19.2 Å². The van der Waals surface area contributed by atoms with Gasteiger partial charge >= 0.3 is 0 Å². The number of amides is 2. The van der Waals surface area contributed by atoms with Crippen molar-refractivity contribution >= 4 is 11.8 Å². The molecule has 0 saturated carbocycles. The number of fused-ring (bicyclic) bond motifs is 3. The van der Waals surface area contributed by atoms with Crippen LogP contribution in [-0.2, 0) is 16.2 Å². The highest BCUT2D eigenvalue weighted by atomic mass is 16.5. The Hall–Kier alpha value is -2.88. The Bertz CT molecular complexity index is 1000. The Morgan fingerprint density at radius 3 is 2.64 bits per heavy atom. The van der Waals surface area contributed by atoms with Crippen LogP contribution in [0, 0.1) is 5.92 Å². The van der Waals surface area contributed by atoms with E-state index in [1.54, 1.807) is 29.2 Å². The first-order valence-electron chi connectivity index (χ1n) is 12.5. The predicted molar refractivity (Wildman–Crippen MR) is 135 cm³/mol. The highest BCUT2D eigenvalue weighted by molar-refractivity contribution is 5.96. The summed E-state index contributed by atoms with van der Waals surface area (Å²) in [6.45, 7) is 6.05. The minimum absolute atomic E-state index is 0.0593. The van der Waals surface area contributed by atoms with Crippen LogP contribution in [0.15, 0.2) is 35.9 Å². The molecule has 3 rings (SSSR count). The molecule has 1 aromatic carbocycles. The number of aliphatic hydroxyl groups excluding tert-OH is 3. The molecule has 0 fully saturated rings. The van der Waals surface area contributed by atoms with Crippen molar-refractivity contribution in [1.29, 1.82) is 0 Å². The number of benzene rings is 1. The standard InChI is InChI=1S/C27H38N2O7/c1-5-6-7-22(32)29(10-8-16(2)3)20-14-19(27(34)28-9-11-30)23-18-12-17(15-31)13-21(35-4)25(18)36-26(23)24(20)33/h6-7,12-14,16,20,23-24,26,30-31,33H,5,8-11,15H2,1-4H3,(H,28,34)/t20-,23+,24+,26+/m1/s1. The lowest BCUT2D eigenvalue weighted by atomic mass is 9.77. The van der Waals surface area contributed by atoms with Crippen LogP contribution < -0.4 is 14.8 Å². The summed E-state index contributed by atoms with van der Waals surface area (Å²) in [6.07, 6.45) is 4.36. The Kier molecular flexibility index (Phi) is 9.53. The minimum atomic E-state index is -1.12. The Balaban J connectivity index is 2.11. The summed E-state index contributed by atoms with van der Waals surface area (Å²) >= 11 is 0. The van der Waals surface area contributed by atoms with Crippen LogP contribution in [0.3, 0.4) is 0 Å². The second kappa shape index (κ2) is 12.4. The number of hydrogen-bond acceptors (Lipinski definition) is 7. The van der Waals surface area contributed by atoms with Crippen molar-refractivity contribution < 1.29 is 34.4 Å². The van der Waals surface area contributed by atoms with Gasteiger partial charge in [0.2, 0.25) is 11.8 Å². The largest absolute Gasteiger partial charge is 0.493 e. The summed E-state index contributed by atoms with van der Waals surface area (Å²) in [5, 5.41) is 33.2. The fourth-order valence-corrected chi connectivity index (χ4v) is 4.74. The molecule has 1 heterocycles. The molecule has 2 aliphatic rings. The average Bonchev–Trinajstić information content (AvgIpc) is 3.26. The summed E-state index contributed by atoms with van der Waals surface area (Å²) in [5.41, 5.74) is 1.54. The molecule has 198 valence electrons. The van der Waals surface area contributed by atoms with Crippen LogP contribution >= 0.6 is 0 Å². The highest BCUT2D eigenvalue weighted by Gasteiger charge is 2.51. The summed E-state index contributed by atoms with van der Waals surface area (Å²) in [7, 11) is 1.48. The fourth-order valence-electron chi connectivity index (χ4n) is 4.74. The summed E-state index contributed by atoms with van der Waals surface area (Å²) in [4.78, 5) is 28.0. The van der Waals surface area contributed by atoms with E-state index in [1.807, 2.05) is 6.92 Å². The van der Waals surface area contributed by atoms with Gasteiger partial charge in [0, 0.05) is 24.2 Å². The van der Waals surface area contributed by atoms with Crippen molar-refractivity contribution in [2.24, 2.45) is 5.92 Å². The minimum Gasteiger partial charge on any atom is -0.493 e. The molecule has 4 N–H and O–H groups in total. The van der Waals surface area contributed by atoms with E-state index >= 15 is 0 Å². The molecule has 0 bridgehead atoms. The zero-order valence-electron chi connectivity index (χ0n) is 21.4. The molecule has 1 aromatic rings. The first-order chi connectivity index (χ1) is 17.3. The number of hydrogen-bond donors (Lipinski definition) is 4. The van der Waals surface area contributed by atoms with Gasteiger partial charge in [0.15, 0.2) is 11.5 Å². The molecule has 36 heavy (non-hydrogen) atoms. The van der Waals surface area contributed by atoms with Crippen LogP contribution in [0.2, 0.25) is 0 Å². The van der Waals surface area contributed by atoms with E-state index in [9.17, 15) is 24.9 Å². The molecule has 4 atom stereocenters. The lowest BCUT2D eigenvalue weighted by Crippen LogP contribution is -2.55. The van der Waals surface area contributed by atoms with E-state index in [-0.39, 0.29) is 25.7 Å². The summed E-state index contributed by atoms with van der Waals surface area (Å²) in [5.74, 6) is -0.185. The van der Waals surface area contributed by atoms with E-state index in [0.29, 0.717) is 47.1 Å². The maximum absolute atomic E-state index is 13.3. The van der Waals surface area contributed by atoms with Gasteiger partial charge in [-0.1, -0.05) is 26.8 Å². The smallest absolute Gasteiger partial charge is 0.247 e. The molecule has 2 amide bonds. The molecule has 0 spiro atoms. The third-order valence-electron chi connectivity index (χ3n) is 6.58. The van der Waals surface area contributed by atoms with Crippen LogP contribution in [-0.4, -0.2) is 77.1 Å². The van der Waals surface area contributed by atoms with Gasteiger partial charge in [0.1, 0.15) is 12.2 Å².